The number of pyridine rings is 1. The van der Waals surface area contributed by atoms with E-state index in [0.717, 1.165) is 0 Å². The van der Waals surface area contributed by atoms with Crippen molar-refractivity contribution in [2.75, 3.05) is 5.32 Å². The van der Waals surface area contributed by atoms with E-state index in [1.807, 2.05) is 6.07 Å². The molecule has 0 unspecified atom stereocenters. The molecule has 6 heteroatoms. The molecule has 21 heavy (non-hydrogen) atoms. The Labute approximate surface area is 131 Å². The van der Waals surface area contributed by atoms with E-state index < -0.39 is 5.91 Å². The van der Waals surface area contributed by atoms with Gasteiger partial charge < -0.3 is 5.32 Å². The van der Waals surface area contributed by atoms with Gasteiger partial charge in [-0.15, -0.1) is 0 Å². The highest BCUT2D eigenvalue weighted by Crippen LogP contribution is 2.25. The molecule has 0 saturated carbocycles. The van der Waals surface area contributed by atoms with E-state index in [2.05, 4.69) is 10.3 Å². The smallest absolute Gasteiger partial charge is 0.266 e. The molecule has 1 aromatic heterocycles. The van der Waals surface area contributed by atoms with E-state index in [1.54, 1.807) is 36.7 Å². The molecule has 1 aromatic carbocycles. The Morgan fingerprint density at radius 1 is 1.33 bits per heavy atom. The van der Waals surface area contributed by atoms with E-state index >= 15 is 0 Å². The van der Waals surface area contributed by atoms with Crippen LogP contribution in [-0.4, -0.2) is 10.9 Å². The first kappa shape index (κ1) is 15.0. The van der Waals surface area contributed by atoms with Crippen LogP contribution in [0.5, 0.6) is 0 Å². The summed E-state index contributed by atoms with van der Waals surface area (Å²) in [6.07, 6.45) is 4.60. The van der Waals surface area contributed by atoms with Gasteiger partial charge in [-0.2, -0.15) is 5.26 Å². The van der Waals surface area contributed by atoms with Gasteiger partial charge in [0.25, 0.3) is 5.91 Å². The van der Waals surface area contributed by atoms with E-state index in [-0.39, 0.29) is 5.57 Å². The average Bonchev–Trinajstić information content (AvgIpc) is 2.49. The minimum absolute atomic E-state index is 0.0564. The van der Waals surface area contributed by atoms with Crippen LogP contribution < -0.4 is 5.32 Å². The summed E-state index contributed by atoms with van der Waals surface area (Å²) < 4.78 is 0. The molecule has 4 nitrogen and oxygen atoms in total. The van der Waals surface area contributed by atoms with Crippen molar-refractivity contribution in [2.45, 2.75) is 0 Å². The van der Waals surface area contributed by atoms with Gasteiger partial charge in [0, 0.05) is 17.4 Å². The van der Waals surface area contributed by atoms with Gasteiger partial charge in [0.15, 0.2) is 0 Å². The molecule has 0 saturated heterocycles. The minimum Gasteiger partial charge on any atom is -0.320 e. The second-order valence-electron chi connectivity index (χ2n) is 4.03. The normalized spacial score (nSPS) is 10.8. The molecule has 0 aliphatic heterocycles. The fourth-order valence-corrected chi connectivity index (χ4v) is 1.90. The Morgan fingerprint density at radius 3 is 2.81 bits per heavy atom. The van der Waals surface area contributed by atoms with Gasteiger partial charge >= 0.3 is 0 Å². The lowest BCUT2D eigenvalue weighted by Crippen LogP contribution is -2.13. The number of amides is 1. The van der Waals surface area contributed by atoms with Crippen molar-refractivity contribution in [3.63, 3.8) is 0 Å². The quantitative estimate of drug-likeness (QED) is 0.689. The maximum absolute atomic E-state index is 12.1. The van der Waals surface area contributed by atoms with E-state index in [1.165, 1.54) is 12.1 Å². The molecule has 0 spiro atoms. The molecule has 0 bridgehead atoms. The number of halogens is 2. The SMILES string of the molecule is N#CC(=Cc1cccnc1)C(=O)Nc1cc(Cl)ccc1Cl. The number of carbonyl (C=O) groups is 1. The van der Waals surface area contributed by atoms with Crippen LogP contribution in [0.4, 0.5) is 5.69 Å². The third kappa shape index (κ3) is 4.06. The highest BCUT2D eigenvalue weighted by Gasteiger charge is 2.11. The topological polar surface area (TPSA) is 65.8 Å². The molecule has 1 amide bonds. The standard InChI is InChI=1S/C15H9Cl2N3O/c16-12-3-4-13(17)14(7-12)20-15(21)11(8-18)6-10-2-1-5-19-9-10/h1-7,9H,(H,20,21). The van der Waals surface area contributed by atoms with Gasteiger partial charge in [0.1, 0.15) is 11.6 Å². The number of anilines is 1. The van der Waals surface area contributed by atoms with E-state index in [4.69, 9.17) is 28.5 Å². The van der Waals surface area contributed by atoms with Crippen LogP contribution in [0.25, 0.3) is 6.08 Å². The Hall–Kier alpha value is -2.35. The summed E-state index contributed by atoms with van der Waals surface area (Å²) in [6.45, 7) is 0. The molecule has 0 atom stereocenters. The van der Waals surface area contributed by atoms with Crippen LogP contribution >= 0.6 is 23.2 Å². The molecule has 0 aliphatic carbocycles. The van der Waals surface area contributed by atoms with Crippen LogP contribution in [-0.2, 0) is 4.79 Å². The molecule has 0 radical (unpaired) electrons. The molecule has 1 heterocycles. The van der Waals surface area contributed by atoms with Gasteiger partial charge in [-0.05, 0) is 35.9 Å². The van der Waals surface area contributed by atoms with Crippen LogP contribution in [0.1, 0.15) is 5.56 Å². The van der Waals surface area contributed by atoms with Gasteiger partial charge in [-0.1, -0.05) is 29.3 Å². The number of aromatic nitrogens is 1. The number of hydrogen-bond donors (Lipinski definition) is 1. The number of carbonyl (C=O) groups excluding carboxylic acids is 1. The maximum atomic E-state index is 12.1. The average molecular weight is 318 g/mol. The summed E-state index contributed by atoms with van der Waals surface area (Å²) in [5, 5.41) is 12.4. The van der Waals surface area contributed by atoms with Gasteiger partial charge in [-0.3, -0.25) is 9.78 Å². The molecule has 0 aliphatic rings. The summed E-state index contributed by atoms with van der Waals surface area (Å²) in [6, 6.07) is 9.99. The Balaban J connectivity index is 2.24. The second-order valence-corrected chi connectivity index (χ2v) is 4.88. The number of benzene rings is 1. The summed E-state index contributed by atoms with van der Waals surface area (Å²) in [4.78, 5) is 16.0. The summed E-state index contributed by atoms with van der Waals surface area (Å²) in [5.74, 6) is -0.564. The fourth-order valence-electron chi connectivity index (χ4n) is 1.56. The number of rotatable bonds is 3. The number of nitrogens with one attached hydrogen (secondary N) is 1. The lowest BCUT2D eigenvalue weighted by molar-refractivity contribution is -0.112. The van der Waals surface area contributed by atoms with E-state index in [0.29, 0.717) is 21.3 Å². The van der Waals surface area contributed by atoms with Crippen LogP contribution in [0.15, 0.2) is 48.3 Å². The molecular formula is C15H9Cl2N3O. The van der Waals surface area contributed by atoms with Gasteiger partial charge in [0.2, 0.25) is 0 Å². The predicted octanol–water partition coefficient (Wildman–Crippen LogP) is 3.93. The van der Waals surface area contributed by atoms with Gasteiger partial charge in [-0.25, -0.2) is 0 Å². The Kier molecular flexibility index (Phi) is 4.94. The molecular weight excluding hydrogens is 309 g/mol. The maximum Gasteiger partial charge on any atom is 0.266 e. The molecule has 2 aromatic rings. The summed E-state index contributed by atoms with van der Waals surface area (Å²) >= 11 is 11.8. The van der Waals surface area contributed by atoms with Crippen molar-refractivity contribution in [3.05, 3.63) is 63.9 Å². The largest absolute Gasteiger partial charge is 0.320 e. The highest BCUT2D eigenvalue weighted by atomic mass is 35.5. The number of nitriles is 1. The van der Waals surface area contributed by atoms with Crippen LogP contribution in [0.3, 0.4) is 0 Å². The molecule has 104 valence electrons. The van der Waals surface area contributed by atoms with Crippen molar-refractivity contribution in [1.82, 2.24) is 4.98 Å². The summed E-state index contributed by atoms with van der Waals surface area (Å²) in [5.41, 5.74) is 0.946. The zero-order valence-electron chi connectivity index (χ0n) is 10.7. The van der Waals surface area contributed by atoms with Gasteiger partial charge in [0.05, 0.1) is 10.7 Å². The zero-order chi connectivity index (χ0) is 15.2. The van der Waals surface area contributed by atoms with E-state index in [9.17, 15) is 4.79 Å². The second kappa shape index (κ2) is 6.89. The number of nitrogens with zero attached hydrogens (tertiary/aromatic N) is 2. The zero-order valence-corrected chi connectivity index (χ0v) is 12.2. The van der Waals surface area contributed by atoms with Crippen molar-refractivity contribution in [2.24, 2.45) is 0 Å². The number of hydrogen-bond acceptors (Lipinski definition) is 3. The lowest BCUT2D eigenvalue weighted by Gasteiger charge is -2.06. The minimum atomic E-state index is -0.564. The first-order chi connectivity index (χ1) is 10.1. The molecule has 2 rings (SSSR count). The Bertz CT molecular complexity index is 736. The van der Waals surface area contributed by atoms with Crippen molar-refractivity contribution >= 4 is 40.9 Å². The molecule has 1 N–H and O–H groups in total. The fraction of sp³-hybridized carbons (Fsp3) is 0. The predicted molar refractivity (Wildman–Crippen MR) is 82.9 cm³/mol. The Morgan fingerprint density at radius 2 is 2.14 bits per heavy atom. The van der Waals surface area contributed by atoms with Crippen molar-refractivity contribution in [1.29, 1.82) is 5.26 Å². The monoisotopic (exact) mass is 317 g/mol. The highest BCUT2D eigenvalue weighted by molar-refractivity contribution is 6.36. The molecule has 0 fully saturated rings. The van der Waals surface area contributed by atoms with Crippen molar-refractivity contribution < 1.29 is 4.79 Å². The summed E-state index contributed by atoms with van der Waals surface area (Å²) in [7, 11) is 0. The first-order valence-electron chi connectivity index (χ1n) is 5.88. The lowest BCUT2D eigenvalue weighted by atomic mass is 10.1. The van der Waals surface area contributed by atoms with Crippen LogP contribution in [0, 0.1) is 11.3 Å². The van der Waals surface area contributed by atoms with Crippen molar-refractivity contribution in [3.8, 4) is 6.07 Å². The van der Waals surface area contributed by atoms with Crippen LogP contribution in [0.2, 0.25) is 10.0 Å². The third-order valence-electron chi connectivity index (χ3n) is 2.54. The first-order valence-corrected chi connectivity index (χ1v) is 6.64. The third-order valence-corrected chi connectivity index (χ3v) is 3.10.